The van der Waals surface area contributed by atoms with Gasteiger partial charge in [-0.25, -0.2) is 15.0 Å². The normalized spacial score (nSPS) is 11.5. The van der Waals surface area contributed by atoms with Crippen molar-refractivity contribution in [2.45, 2.75) is 0 Å². The van der Waals surface area contributed by atoms with Crippen LogP contribution in [0.1, 0.15) is 0 Å². The standard InChI is InChI=1S/C63H42N6/c1-4-16-43(17-5-1)49-28-31-52(58(40-49)67-37-34-46-22-10-13-25-55(46)67)61-64-62(53-32-29-50(44-18-6-2-7-19-44)41-59(53)68-38-35-47-23-11-14-26-56(47)68)66-63(65-61)54-33-30-51(45-20-8-3-9-21-45)42-60(54)69-39-36-48-24-12-15-27-57(48)69/h1-42H. The van der Waals surface area contributed by atoms with Crippen LogP contribution < -0.4 is 0 Å². The molecule has 6 heteroatoms. The van der Waals surface area contributed by atoms with Gasteiger partial charge in [-0.2, -0.15) is 0 Å². The van der Waals surface area contributed by atoms with Crippen molar-refractivity contribution in [3.05, 3.63) is 255 Å². The third-order valence-electron chi connectivity index (χ3n) is 13.2. The highest BCUT2D eigenvalue weighted by Crippen LogP contribution is 2.39. The largest absolute Gasteiger partial charge is 0.316 e. The van der Waals surface area contributed by atoms with Crippen molar-refractivity contribution in [2.75, 3.05) is 0 Å². The molecule has 0 atom stereocenters. The zero-order valence-electron chi connectivity index (χ0n) is 37.4. The van der Waals surface area contributed by atoms with E-state index < -0.39 is 0 Å². The van der Waals surface area contributed by atoms with E-state index in [1.165, 1.54) is 0 Å². The molecule has 0 aliphatic carbocycles. The molecule has 9 aromatic carbocycles. The Labute approximate surface area is 399 Å². The molecule has 0 radical (unpaired) electrons. The van der Waals surface area contributed by atoms with Crippen molar-refractivity contribution in [2.24, 2.45) is 0 Å². The van der Waals surface area contributed by atoms with E-state index in [2.05, 4.69) is 269 Å². The van der Waals surface area contributed by atoms with Gasteiger partial charge in [-0.05, 0) is 122 Å². The van der Waals surface area contributed by atoms with E-state index in [0.29, 0.717) is 17.5 Å². The second-order valence-corrected chi connectivity index (χ2v) is 17.3. The molecule has 0 aliphatic rings. The first-order chi connectivity index (χ1) is 34.2. The summed E-state index contributed by atoms with van der Waals surface area (Å²) in [4.78, 5) is 16.7. The van der Waals surface area contributed by atoms with Crippen LogP contribution in [0.5, 0.6) is 0 Å². The Morgan fingerprint density at radius 2 is 0.507 bits per heavy atom. The molecule has 0 aliphatic heterocycles. The quantitative estimate of drug-likeness (QED) is 0.145. The number of hydrogen-bond donors (Lipinski definition) is 0. The maximum absolute atomic E-state index is 5.56. The van der Waals surface area contributed by atoms with E-state index in [1.807, 2.05) is 0 Å². The summed E-state index contributed by atoms with van der Waals surface area (Å²) in [6.45, 7) is 0. The van der Waals surface area contributed by atoms with Crippen LogP contribution in [0.4, 0.5) is 0 Å². The fraction of sp³-hybridized carbons (Fsp3) is 0. The summed E-state index contributed by atoms with van der Waals surface area (Å²) in [6.07, 6.45) is 6.45. The smallest absolute Gasteiger partial charge is 0.166 e. The van der Waals surface area contributed by atoms with Crippen LogP contribution in [0.25, 0.3) is 117 Å². The molecule has 69 heavy (non-hydrogen) atoms. The second kappa shape index (κ2) is 16.8. The monoisotopic (exact) mass is 882 g/mol. The minimum Gasteiger partial charge on any atom is -0.316 e. The summed E-state index contributed by atoms with van der Waals surface area (Å²) < 4.78 is 6.79. The first-order valence-electron chi connectivity index (χ1n) is 23.3. The number of rotatable bonds is 9. The van der Waals surface area contributed by atoms with Crippen molar-refractivity contribution < 1.29 is 0 Å². The van der Waals surface area contributed by atoms with Crippen LogP contribution in [0.3, 0.4) is 0 Å². The molecule has 6 nitrogen and oxygen atoms in total. The lowest BCUT2D eigenvalue weighted by atomic mass is 10.00. The number of para-hydroxylation sites is 3. The zero-order valence-corrected chi connectivity index (χ0v) is 37.4. The van der Waals surface area contributed by atoms with Crippen molar-refractivity contribution in [3.63, 3.8) is 0 Å². The maximum atomic E-state index is 5.56. The predicted molar refractivity (Wildman–Crippen MR) is 283 cm³/mol. The molecule has 4 aromatic heterocycles. The lowest BCUT2D eigenvalue weighted by Gasteiger charge is -2.18. The second-order valence-electron chi connectivity index (χ2n) is 17.3. The molecule has 0 fully saturated rings. The predicted octanol–water partition coefficient (Wildman–Crippen LogP) is 15.7. The van der Waals surface area contributed by atoms with Crippen molar-refractivity contribution in [1.29, 1.82) is 0 Å². The fourth-order valence-corrected chi connectivity index (χ4v) is 9.81. The first kappa shape index (κ1) is 39.9. The number of aromatic nitrogens is 6. The number of hydrogen-bond acceptors (Lipinski definition) is 3. The van der Waals surface area contributed by atoms with Gasteiger partial charge in [0, 0.05) is 35.3 Å². The summed E-state index contributed by atoms with van der Waals surface area (Å²) in [5, 5.41) is 3.44. The molecule has 0 N–H and O–H groups in total. The molecule has 324 valence electrons. The van der Waals surface area contributed by atoms with Gasteiger partial charge in [0.2, 0.25) is 0 Å². The Hall–Kier alpha value is -9.39. The van der Waals surface area contributed by atoms with Gasteiger partial charge in [-0.15, -0.1) is 0 Å². The Bertz CT molecular complexity index is 3580. The lowest BCUT2D eigenvalue weighted by molar-refractivity contribution is 1.04. The third-order valence-corrected chi connectivity index (χ3v) is 13.2. The van der Waals surface area contributed by atoms with Crippen LogP contribution in [-0.2, 0) is 0 Å². The van der Waals surface area contributed by atoms with Gasteiger partial charge in [-0.3, -0.25) is 0 Å². The van der Waals surface area contributed by atoms with E-state index in [-0.39, 0.29) is 0 Å². The highest BCUT2D eigenvalue weighted by molar-refractivity contribution is 5.90. The molecule has 0 saturated heterocycles. The Morgan fingerprint density at radius 3 is 0.812 bits per heavy atom. The van der Waals surface area contributed by atoms with Gasteiger partial charge in [0.05, 0.1) is 33.6 Å². The highest BCUT2D eigenvalue weighted by Gasteiger charge is 2.23. The van der Waals surface area contributed by atoms with Crippen LogP contribution in [0.2, 0.25) is 0 Å². The highest BCUT2D eigenvalue weighted by atomic mass is 15.1. The van der Waals surface area contributed by atoms with Crippen molar-refractivity contribution in [3.8, 4) is 84.6 Å². The maximum Gasteiger partial charge on any atom is 0.166 e. The van der Waals surface area contributed by atoms with E-state index in [4.69, 9.17) is 15.0 Å². The summed E-state index contributed by atoms with van der Waals surface area (Å²) >= 11 is 0. The van der Waals surface area contributed by atoms with Crippen LogP contribution in [0.15, 0.2) is 255 Å². The summed E-state index contributed by atoms with van der Waals surface area (Å²) in [7, 11) is 0. The van der Waals surface area contributed by atoms with Crippen molar-refractivity contribution in [1.82, 2.24) is 28.7 Å². The van der Waals surface area contributed by atoms with E-state index in [0.717, 1.165) is 99.8 Å². The lowest BCUT2D eigenvalue weighted by Crippen LogP contribution is -2.07. The molecule has 4 heterocycles. The van der Waals surface area contributed by atoms with Gasteiger partial charge in [0.25, 0.3) is 0 Å². The summed E-state index contributed by atoms with van der Waals surface area (Å²) in [5.41, 5.74) is 15.5. The summed E-state index contributed by atoms with van der Waals surface area (Å²) in [6, 6.07) is 83.5. The molecule has 0 saturated carbocycles. The van der Waals surface area contributed by atoms with Gasteiger partial charge in [-0.1, -0.05) is 164 Å². The van der Waals surface area contributed by atoms with Crippen LogP contribution in [-0.4, -0.2) is 28.7 Å². The summed E-state index contributed by atoms with van der Waals surface area (Å²) in [5.74, 6) is 1.69. The number of nitrogens with zero attached hydrogens (tertiary/aromatic N) is 6. The Balaban J connectivity index is 1.11. The molecular formula is C63H42N6. The molecule has 0 unspecified atom stereocenters. The number of benzene rings is 9. The van der Waals surface area contributed by atoms with Crippen molar-refractivity contribution >= 4 is 32.7 Å². The molecule has 13 rings (SSSR count). The third kappa shape index (κ3) is 7.19. The Morgan fingerprint density at radius 1 is 0.232 bits per heavy atom. The fourth-order valence-electron chi connectivity index (χ4n) is 9.81. The van der Waals surface area contributed by atoms with Crippen LogP contribution in [0, 0.1) is 0 Å². The van der Waals surface area contributed by atoms with E-state index in [9.17, 15) is 0 Å². The van der Waals surface area contributed by atoms with Gasteiger partial charge in [0.1, 0.15) is 0 Å². The van der Waals surface area contributed by atoms with E-state index in [1.54, 1.807) is 0 Å². The van der Waals surface area contributed by atoms with E-state index >= 15 is 0 Å². The number of fused-ring (bicyclic) bond motifs is 3. The first-order valence-corrected chi connectivity index (χ1v) is 23.3. The SMILES string of the molecule is c1ccc(-c2ccc(-c3nc(-c4ccc(-c5ccccc5)cc4-n4ccc5ccccc54)nc(-c4ccc(-c5ccccc5)cc4-n4ccc5ccccc54)n3)c(-n3ccc4ccccc43)c2)cc1. The minimum atomic E-state index is 0.563. The molecule has 0 bridgehead atoms. The minimum absolute atomic E-state index is 0.563. The average Bonchev–Trinajstić information content (AvgIpc) is 4.19. The van der Waals surface area contributed by atoms with Crippen LogP contribution >= 0.6 is 0 Å². The Kier molecular flexibility index (Phi) is 9.72. The molecule has 13 aromatic rings. The molecule has 0 spiro atoms. The average molecular weight is 883 g/mol. The van der Waals surface area contributed by atoms with Gasteiger partial charge >= 0.3 is 0 Å². The molecule has 0 amide bonds. The van der Waals surface area contributed by atoms with Gasteiger partial charge in [0.15, 0.2) is 17.5 Å². The topological polar surface area (TPSA) is 53.5 Å². The molecular weight excluding hydrogens is 841 g/mol. The van der Waals surface area contributed by atoms with Gasteiger partial charge < -0.3 is 13.7 Å². The zero-order chi connectivity index (χ0) is 45.7.